The van der Waals surface area contributed by atoms with Gasteiger partial charge in [-0.1, -0.05) is 42.5 Å². The van der Waals surface area contributed by atoms with Crippen LogP contribution >= 0.6 is 0 Å². The van der Waals surface area contributed by atoms with Crippen LogP contribution in [0.2, 0.25) is 0 Å². The Labute approximate surface area is 157 Å². The van der Waals surface area contributed by atoms with E-state index in [1.807, 2.05) is 19.1 Å². The van der Waals surface area contributed by atoms with Crippen LogP contribution in [0.25, 0.3) is 0 Å². The van der Waals surface area contributed by atoms with Crippen LogP contribution in [-0.2, 0) is 16.6 Å². The van der Waals surface area contributed by atoms with Crippen LogP contribution in [0.15, 0.2) is 59.5 Å². The summed E-state index contributed by atoms with van der Waals surface area (Å²) in [5.41, 5.74) is 2.26. The van der Waals surface area contributed by atoms with Gasteiger partial charge in [-0.05, 0) is 56.5 Å². The van der Waals surface area contributed by atoms with Gasteiger partial charge in [-0.25, -0.2) is 8.42 Å². The summed E-state index contributed by atoms with van der Waals surface area (Å²) in [6.45, 7) is 2.82. The van der Waals surface area contributed by atoms with Crippen LogP contribution in [0.3, 0.4) is 0 Å². The molecule has 5 heteroatoms. The molecule has 26 heavy (non-hydrogen) atoms. The van der Waals surface area contributed by atoms with Gasteiger partial charge >= 0.3 is 0 Å². The minimum atomic E-state index is -3.44. The average Bonchev–Trinajstić information content (AvgIpc) is 3.12. The summed E-state index contributed by atoms with van der Waals surface area (Å²) in [7, 11) is 0.420. The van der Waals surface area contributed by atoms with Gasteiger partial charge in [0.2, 0.25) is 10.0 Å². The first-order chi connectivity index (χ1) is 12.4. The molecule has 0 N–H and O–H groups in total. The Bertz CT molecular complexity index is 836. The van der Waals surface area contributed by atoms with Gasteiger partial charge in [0.1, 0.15) is 0 Å². The summed E-state index contributed by atoms with van der Waals surface area (Å²) >= 11 is 0. The van der Waals surface area contributed by atoms with E-state index in [0.717, 1.165) is 31.4 Å². The van der Waals surface area contributed by atoms with E-state index in [1.165, 1.54) is 5.56 Å². The molecule has 3 rings (SSSR count). The third kappa shape index (κ3) is 4.17. The van der Waals surface area contributed by atoms with E-state index in [4.69, 9.17) is 0 Å². The number of aryl methyl sites for hydroxylation is 1. The molecule has 1 aliphatic carbocycles. The van der Waals surface area contributed by atoms with Crippen molar-refractivity contribution in [1.82, 2.24) is 9.21 Å². The fourth-order valence-electron chi connectivity index (χ4n) is 3.80. The van der Waals surface area contributed by atoms with Crippen molar-refractivity contribution < 1.29 is 8.42 Å². The van der Waals surface area contributed by atoms with Gasteiger partial charge in [-0.2, -0.15) is 4.31 Å². The first-order valence-electron chi connectivity index (χ1n) is 9.17. The molecule has 0 amide bonds. The first-order valence-corrected chi connectivity index (χ1v) is 10.6. The quantitative estimate of drug-likeness (QED) is 0.777. The minimum Gasteiger partial charge on any atom is -0.299 e. The largest absolute Gasteiger partial charge is 0.299 e. The zero-order valence-electron chi connectivity index (χ0n) is 15.8. The fourth-order valence-corrected chi connectivity index (χ4v) is 5.31. The Hall–Kier alpha value is -1.69. The number of benzene rings is 2. The van der Waals surface area contributed by atoms with E-state index in [0.29, 0.717) is 10.9 Å². The first kappa shape index (κ1) is 19.1. The van der Waals surface area contributed by atoms with Crippen LogP contribution in [0.5, 0.6) is 0 Å². The SMILES string of the molecule is Cc1cccc(S(=O)(=O)N(C)[C@H]2CC[C@@H](N(C)Cc3ccccc3)C2)c1. The standard InChI is InChI=1S/C21H28N2O2S/c1-17-8-7-11-21(14-17)26(24,25)23(3)20-13-12-19(15-20)22(2)16-18-9-5-4-6-10-18/h4-11,14,19-20H,12-13,15-16H2,1-3H3/t19-,20+/m1/s1. The van der Waals surface area contributed by atoms with E-state index >= 15 is 0 Å². The summed E-state index contributed by atoms with van der Waals surface area (Å²) in [6.07, 6.45) is 2.82. The molecule has 0 unspecified atom stereocenters. The van der Waals surface area contributed by atoms with Gasteiger partial charge in [-0.3, -0.25) is 4.90 Å². The van der Waals surface area contributed by atoms with Crippen LogP contribution in [0, 0.1) is 6.92 Å². The molecular formula is C21H28N2O2S. The molecule has 0 bridgehead atoms. The normalized spacial score (nSPS) is 20.8. The maximum absolute atomic E-state index is 13.0. The molecule has 0 aromatic heterocycles. The summed E-state index contributed by atoms with van der Waals surface area (Å²) in [5.74, 6) is 0. The molecule has 4 nitrogen and oxygen atoms in total. The van der Waals surface area contributed by atoms with Crippen molar-refractivity contribution in [3.05, 3.63) is 65.7 Å². The molecule has 0 saturated heterocycles. The highest BCUT2D eigenvalue weighted by Gasteiger charge is 2.35. The number of hydrogen-bond acceptors (Lipinski definition) is 3. The number of sulfonamides is 1. The van der Waals surface area contributed by atoms with Crippen LogP contribution in [0.4, 0.5) is 0 Å². The van der Waals surface area contributed by atoms with E-state index in [2.05, 4.69) is 36.2 Å². The molecule has 1 saturated carbocycles. The topological polar surface area (TPSA) is 40.6 Å². The minimum absolute atomic E-state index is 0.0590. The highest BCUT2D eigenvalue weighted by molar-refractivity contribution is 7.89. The van der Waals surface area contributed by atoms with Gasteiger partial charge in [0.15, 0.2) is 0 Å². The second-order valence-corrected chi connectivity index (χ2v) is 9.36. The highest BCUT2D eigenvalue weighted by Crippen LogP contribution is 2.30. The van der Waals surface area contributed by atoms with Crippen molar-refractivity contribution in [2.75, 3.05) is 14.1 Å². The molecule has 1 fully saturated rings. The van der Waals surface area contributed by atoms with Crippen molar-refractivity contribution in [2.45, 2.75) is 49.7 Å². The number of hydrogen-bond donors (Lipinski definition) is 0. The zero-order valence-corrected chi connectivity index (χ0v) is 16.6. The molecule has 0 heterocycles. The van der Waals surface area contributed by atoms with Crippen molar-refractivity contribution in [1.29, 1.82) is 0 Å². The molecule has 2 aromatic carbocycles. The Morgan fingerprint density at radius 3 is 2.35 bits per heavy atom. The highest BCUT2D eigenvalue weighted by atomic mass is 32.2. The smallest absolute Gasteiger partial charge is 0.243 e. The molecular weight excluding hydrogens is 344 g/mol. The van der Waals surface area contributed by atoms with Gasteiger partial charge in [0.25, 0.3) is 0 Å². The van der Waals surface area contributed by atoms with E-state index in [-0.39, 0.29) is 6.04 Å². The Morgan fingerprint density at radius 1 is 0.962 bits per heavy atom. The molecule has 0 aliphatic heterocycles. The molecule has 1 aliphatic rings. The number of nitrogens with zero attached hydrogens (tertiary/aromatic N) is 2. The van der Waals surface area contributed by atoms with Crippen LogP contribution < -0.4 is 0 Å². The molecule has 140 valence electrons. The predicted molar refractivity (Wildman–Crippen MR) is 105 cm³/mol. The Morgan fingerprint density at radius 2 is 1.65 bits per heavy atom. The summed E-state index contributed by atoms with van der Waals surface area (Å²) in [4.78, 5) is 2.74. The lowest BCUT2D eigenvalue weighted by Crippen LogP contribution is -2.37. The molecule has 2 aromatic rings. The molecule has 0 spiro atoms. The monoisotopic (exact) mass is 372 g/mol. The third-order valence-electron chi connectivity index (χ3n) is 5.46. The lowest BCUT2D eigenvalue weighted by molar-refractivity contribution is 0.228. The van der Waals surface area contributed by atoms with Crippen LogP contribution in [0.1, 0.15) is 30.4 Å². The van der Waals surface area contributed by atoms with E-state index < -0.39 is 10.0 Å². The van der Waals surface area contributed by atoms with Crippen molar-refractivity contribution in [3.8, 4) is 0 Å². The van der Waals surface area contributed by atoms with Crippen LogP contribution in [-0.4, -0.2) is 43.8 Å². The van der Waals surface area contributed by atoms with Gasteiger partial charge in [-0.15, -0.1) is 0 Å². The summed E-state index contributed by atoms with van der Waals surface area (Å²) in [6, 6.07) is 18.1. The molecule has 0 radical (unpaired) electrons. The zero-order chi connectivity index (χ0) is 18.7. The van der Waals surface area contributed by atoms with Crippen molar-refractivity contribution >= 4 is 10.0 Å². The van der Waals surface area contributed by atoms with Crippen molar-refractivity contribution in [2.24, 2.45) is 0 Å². The molecule has 2 atom stereocenters. The fraction of sp³-hybridized carbons (Fsp3) is 0.429. The lowest BCUT2D eigenvalue weighted by Gasteiger charge is -2.27. The maximum Gasteiger partial charge on any atom is 0.243 e. The summed E-state index contributed by atoms with van der Waals surface area (Å²) < 4.78 is 27.5. The lowest BCUT2D eigenvalue weighted by atomic mass is 10.1. The van der Waals surface area contributed by atoms with E-state index in [1.54, 1.807) is 29.6 Å². The van der Waals surface area contributed by atoms with Gasteiger partial charge in [0, 0.05) is 25.7 Å². The van der Waals surface area contributed by atoms with Crippen molar-refractivity contribution in [3.63, 3.8) is 0 Å². The van der Waals surface area contributed by atoms with Gasteiger partial charge < -0.3 is 0 Å². The van der Waals surface area contributed by atoms with E-state index in [9.17, 15) is 8.42 Å². The Kier molecular flexibility index (Phi) is 5.80. The number of rotatable bonds is 6. The summed E-state index contributed by atoms with van der Waals surface area (Å²) in [5, 5.41) is 0. The van der Waals surface area contributed by atoms with Gasteiger partial charge in [0.05, 0.1) is 4.90 Å². The Balaban J connectivity index is 1.66. The predicted octanol–water partition coefficient (Wildman–Crippen LogP) is 3.67. The second kappa shape index (κ2) is 7.91. The average molecular weight is 373 g/mol. The third-order valence-corrected chi connectivity index (χ3v) is 7.36. The maximum atomic E-state index is 13.0. The second-order valence-electron chi connectivity index (χ2n) is 7.36.